The molecule has 2 aliphatic rings. The first kappa shape index (κ1) is 12.6. The van der Waals surface area contributed by atoms with Crippen LogP contribution in [0.3, 0.4) is 0 Å². The van der Waals surface area contributed by atoms with Crippen LogP contribution in [0.15, 0.2) is 12.2 Å². The van der Waals surface area contributed by atoms with Gasteiger partial charge in [-0.2, -0.15) is 0 Å². The van der Waals surface area contributed by atoms with Crippen molar-refractivity contribution in [2.75, 3.05) is 5.75 Å². The summed E-state index contributed by atoms with van der Waals surface area (Å²) in [4.78, 5) is 11.8. The largest absolute Gasteiger partial charge is 0.273 e. The smallest absolute Gasteiger partial charge is 0.243 e. The third-order valence-electron chi connectivity index (χ3n) is 3.45. The fourth-order valence-electron chi connectivity index (χ4n) is 2.52. The molecule has 0 aromatic carbocycles. The summed E-state index contributed by atoms with van der Waals surface area (Å²) in [5.41, 5.74) is 0. The summed E-state index contributed by atoms with van der Waals surface area (Å²) < 4.78 is 25.2. The molecule has 17 heavy (non-hydrogen) atoms. The Morgan fingerprint density at radius 1 is 1.29 bits per heavy atom. The molecule has 1 aliphatic heterocycles. The minimum Gasteiger partial charge on any atom is -0.273 e. The monoisotopic (exact) mass is 257 g/mol. The van der Waals surface area contributed by atoms with Crippen molar-refractivity contribution in [3.63, 3.8) is 0 Å². The molecule has 1 fully saturated rings. The van der Waals surface area contributed by atoms with E-state index >= 15 is 0 Å². The number of nitrogens with zero attached hydrogens (tertiary/aromatic N) is 1. The molecular weight excluding hydrogens is 238 g/mol. The fraction of sp³-hybridized carbons (Fsp3) is 0.750. The minimum atomic E-state index is -3.39. The minimum absolute atomic E-state index is 0.107. The molecule has 2 atom stereocenters. The summed E-state index contributed by atoms with van der Waals surface area (Å²) >= 11 is 0. The number of carbonyl (C=O) groups excluding carboxylic acids is 1. The van der Waals surface area contributed by atoms with Gasteiger partial charge >= 0.3 is 0 Å². The maximum atomic E-state index is 12.1. The summed E-state index contributed by atoms with van der Waals surface area (Å²) in [7, 11) is -3.39. The fourth-order valence-corrected chi connectivity index (χ4v) is 4.26. The SMILES string of the molecule is CCCCCCS(=O)(=O)N1C(=O)C2C=CC1C2. The van der Waals surface area contributed by atoms with E-state index in [1.807, 2.05) is 12.2 Å². The number of rotatable bonds is 6. The molecule has 1 amide bonds. The van der Waals surface area contributed by atoms with Crippen LogP contribution in [-0.2, 0) is 14.8 Å². The molecule has 1 aliphatic carbocycles. The zero-order valence-corrected chi connectivity index (χ0v) is 10.9. The van der Waals surface area contributed by atoms with Gasteiger partial charge in [0.2, 0.25) is 15.9 Å². The van der Waals surface area contributed by atoms with E-state index in [-0.39, 0.29) is 23.6 Å². The molecule has 2 unspecified atom stereocenters. The summed E-state index contributed by atoms with van der Waals surface area (Å²) in [6.45, 7) is 2.09. The second-order valence-corrected chi connectivity index (χ2v) is 6.77. The summed E-state index contributed by atoms with van der Waals surface area (Å²) in [6, 6.07) is -0.205. The number of hydrogen-bond donors (Lipinski definition) is 0. The Hall–Kier alpha value is -0.840. The van der Waals surface area contributed by atoms with Crippen molar-refractivity contribution in [2.45, 2.75) is 45.1 Å². The molecule has 96 valence electrons. The van der Waals surface area contributed by atoms with Gasteiger partial charge in [-0.3, -0.25) is 4.79 Å². The number of sulfonamides is 1. The quantitative estimate of drug-likeness (QED) is 0.537. The van der Waals surface area contributed by atoms with Gasteiger partial charge < -0.3 is 0 Å². The molecule has 1 saturated heterocycles. The third-order valence-corrected chi connectivity index (χ3v) is 5.31. The summed E-state index contributed by atoms with van der Waals surface area (Å²) in [5.74, 6) is -0.311. The van der Waals surface area contributed by atoms with Gasteiger partial charge in [0, 0.05) is 0 Å². The highest BCUT2D eigenvalue weighted by molar-refractivity contribution is 7.89. The zero-order valence-electron chi connectivity index (χ0n) is 10.1. The van der Waals surface area contributed by atoms with Gasteiger partial charge in [-0.15, -0.1) is 0 Å². The Balaban J connectivity index is 1.97. The maximum Gasteiger partial charge on any atom is 0.243 e. The van der Waals surface area contributed by atoms with Crippen molar-refractivity contribution in [1.82, 2.24) is 4.31 Å². The van der Waals surface area contributed by atoms with Gasteiger partial charge in [0.15, 0.2) is 0 Å². The molecule has 2 bridgehead atoms. The lowest BCUT2D eigenvalue weighted by molar-refractivity contribution is -0.126. The molecule has 0 aromatic rings. The van der Waals surface area contributed by atoms with Crippen LogP contribution in [0.1, 0.15) is 39.0 Å². The average molecular weight is 257 g/mol. The zero-order chi connectivity index (χ0) is 12.5. The number of hydrogen-bond acceptors (Lipinski definition) is 3. The number of carbonyl (C=O) groups is 1. The van der Waals surface area contributed by atoms with Crippen molar-refractivity contribution in [3.05, 3.63) is 12.2 Å². The van der Waals surface area contributed by atoms with Crippen LogP contribution in [0.5, 0.6) is 0 Å². The van der Waals surface area contributed by atoms with Crippen LogP contribution >= 0.6 is 0 Å². The first-order chi connectivity index (χ1) is 8.06. The highest BCUT2D eigenvalue weighted by Gasteiger charge is 2.46. The van der Waals surface area contributed by atoms with E-state index in [1.54, 1.807) is 0 Å². The highest BCUT2D eigenvalue weighted by Crippen LogP contribution is 2.35. The second kappa shape index (κ2) is 4.80. The van der Waals surface area contributed by atoms with Crippen molar-refractivity contribution >= 4 is 15.9 Å². The van der Waals surface area contributed by atoms with Gasteiger partial charge in [0.1, 0.15) is 0 Å². The normalized spacial score (nSPS) is 27.1. The Morgan fingerprint density at radius 2 is 2.06 bits per heavy atom. The first-order valence-electron chi connectivity index (χ1n) is 6.30. The lowest BCUT2D eigenvalue weighted by Gasteiger charge is -2.23. The molecule has 0 aromatic heterocycles. The van der Waals surface area contributed by atoms with Crippen LogP contribution < -0.4 is 0 Å². The van der Waals surface area contributed by atoms with Crippen molar-refractivity contribution in [1.29, 1.82) is 0 Å². The van der Waals surface area contributed by atoms with Gasteiger partial charge in [0.05, 0.1) is 17.7 Å². The Bertz CT molecular complexity index is 427. The molecule has 5 heteroatoms. The van der Waals surface area contributed by atoms with Crippen LogP contribution in [0.4, 0.5) is 0 Å². The third kappa shape index (κ3) is 2.39. The van der Waals surface area contributed by atoms with Crippen LogP contribution in [0, 0.1) is 5.92 Å². The predicted octanol–water partition coefficient (Wildman–Crippen LogP) is 1.68. The standard InChI is InChI=1S/C12H19NO3S/c1-2-3-4-5-8-17(15,16)13-11-7-6-10(9-11)12(13)14/h6-7,10-11H,2-5,8-9H2,1H3. The highest BCUT2D eigenvalue weighted by atomic mass is 32.2. The van der Waals surface area contributed by atoms with Crippen molar-refractivity contribution in [2.24, 2.45) is 5.92 Å². The van der Waals surface area contributed by atoms with Gasteiger partial charge in [0.25, 0.3) is 0 Å². The van der Waals surface area contributed by atoms with E-state index in [4.69, 9.17) is 0 Å². The summed E-state index contributed by atoms with van der Waals surface area (Å²) in [5, 5.41) is 0. The number of unbranched alkanes of at least 4 members (excludes halogenated alkanes) is 3. The van der Waals surface area contributed by atoms with Crippen LogP contribution in [0.2, 0.25) is 0 Å². The van der Waals surface area contributed by atoms with E-state index in [0.717, 1.165) is 23.6 Å². The van der Waals surface area contributed by atoms with Gasteiger partial charge in [-0.25, -0.2) is 12.7 Å². The maximum absolute atomic E-state index is 12.1. The average Bonchev–Trinajstić information content (AvgIpc) is 2.84. The molecule has 2 rings (SSSR count). The van der Waals surface area contributed by atoms with E-state index in [0.29, 0.717) is 12.8 Å². The molecule has 4 nitrogen and oxygen atoms in total. The Morgan fingerprint density at radius 3 is 2.65 bits per heavy atom. The van der Waals surface area contributed by atoms with E-state index in [1.165, 1.54) is 0 Å². The lowest BCUT2D eigenvalue weighted by Crippen LogP contribution is -2.41. The summed E-state index contributed by atoms with van der Waals surface area (Å²) in [6.07, 6.45) is 8.02. The molecule has 0 saturated carbocycles. The molecule has 0 N–H and O–H groups in total. The van der Waals surface area contributed by atoms with Gasteiger partial charge in [-0.05, 0) is 12.8 Å². The number of amides is 1. The van der Waals surface area contributed by atoms with E-state index in [9.17, 15) is 13.2 Å². The molecule has 0 spiro atoms. The molecular formula is C12H19NO3S. The topological polar surface area (TPSA) is 54.5 Å². The molecule has 1 heterocycles. The van der Waals surface area contributed by atoms with Crippen LogP contribution in [0.25, 0.3) is 0 Å². The Labute approximate surface area is 103 Å². The van der Waals surface area contributed by atoms with Crippen LogP contribution in [-0.4, -0.2) is 30.4 Å². The predicted molar refractivity (Wildman–Crippen MR) is 65.8 cm³/mol. The number of fused-ring (bicyclic) bond motifs is 2. The van der Waals surface area contributed by atoms with E-state index < -0.39 is 10.0 Å². The van der Waals surface area contributed by atoms with Gasteiger partial charge in [-0.1, -0.05) is 38.3 Å². The Kier molecular flexibility index (Phi) is 3.56. The van der Waals surface area contributed by atoms with E-state index in [2.05, 4.69) is 6.92 Å². The van der Waals surface area contributed by atoms with Crippen molar-refractivity contribution < 1.29 is 13.2 Å². The second-order valence-electron chi connectivity index (χ2n) is 4.81. The lowest BCUT2D eigenvalue weighted by atomic mass is 10.1. The first-order valence-corrected chi connectivity index (χ1v) is 7.91. The van der Waals surface area contributed by atoms with Crippen molar-refractivity contribution in [3.8, 4) is 0 Å². The molecule has 0 radical (unpaired) electrons.